The van der Waals surface area contributed by atoms with Crippen LogP contribution < -0.4 is 15.4 Å². The van der Waals surface area contributed by atoms with Crippen molar-refractivity contribution in [2.75, 3.05) is 71.2 Å². The van der Waals surface area contributed by atoms with E-state index in [1.807, 2.05) is 11.3 Å². The molecule has 5 aromatic heterocycles. The molecule has 0 saturated carbocycles. The van der Waals surface area contributed by atoms with E-state index in [0.717, 1.165) is 103 Å². The minimum atomic E-state index is -3.14. The molecule has 5 heterocycles. The van der Waals surface area contributed by atoms with Crippen LogP contribution in [0.15, 0.2) is 30.3 Å². The topological polar surface area (TPSA) is 194 Å². The van der Waals surface area contributed by atoms with Gasteiger partial charge in [-0.2, -0.15) is 0 Å². The lowest BCUT2D eigenvalue weighted by molar-refractivity contribution is 0.0548. The van der Waals surface area contributed by atoms with Crippen molar-refractivity contribution in [2.45, 2.75) is 355 Å². The third-order valence-corrected chi connectivity index (χ3v) is 27.1. The van der Waals surface area contributed by atoms with Gasteiger partial charge in [0.15, 0.2) is 0 Å². The molecule has 0 radical (unpaired) electrons. The molecule has 0 aliphatic rings. The molecule has 2 amide bonds. The van der Waals surface area contributed by atoms with E-state index in [1.165, 1.54) is 218 Å². The minimum Gasteiger partial charge on any atom is -0.450 e. The molecule has 0 fully saturated rings. The molecule has 0 aliphatic heterocycles. The van der Waals surface area contributed by atoms with Crippen molar-refractivity contribution in [2.24, 2.45) is 0 Å². The number of rotatable bonds is 57. The van der Waals surface area contributed by atoms with Crippen molar-refractivity contribution in [1.82, 2.24) is 15.4 Å². The number of sulfonamides is 1. The Kier molecular flexibility index (Phi) is 64.1. The van der Waals surface area contributed by atoms with Crippen LogP contribution in [0.2, 0.25) is 0 Å². The number of alkyl carbamates (subject to hydrolysis) is 2. The van der Waals surface area contributed by atoms with Gasteiger partial charge in [0, 0.05) is 81.2 Å². The Morgan fingerprint density at radius 1 is 0.327 bits per heavy atom. The van der Waals surface area contributed by atoms with Crippen molar-refractivity contribution in [3.05, 3.63) is 107 Å². The Labute approximate surface area is 691 Å². The highest BCUT2D eigenvalue weighted by Crippen LogP contribution is 2.49. The Hall–Kier alpha value is -3.63. The van der Waals surface area contributed by atoms with Gasteiger partial charge in [-0.3, -0.25) is 4.57 Å². The minimum absolute atomic E-state index is 0.195. The third-order valence-electron chi connectivity index (χ3n) is 18.8. The highest BCUT2D eigenvalue weighted by atomic mass is 32.2. The van der Waals surface area contributed by atoms with Gasteiger partial charge in [-0.25, -0.2) is 27.5 Å². The van der Waals surface area contributed by atoms with E-state index in [1.54, 1.807) is 45.3 Å². The van der Waals surface area contributed by atoms with Crippen LogP contribution in [0.3, 0.4) is 0 Å². The molecule has 0 saturated heterocycles. The molecule has 0 aliphatic carbocycles. The van der Waals surface area contributed by atoms with Gasteiger partial charge >= 0.3 is 25.9 Å². The number of carbonyl (C=O) groups is 3. The first-order valence-corrected chi connectivity index (χ1v) is 50.1. The zero-order chi connectivity index (χ0) is 81.5. The summed E-state index contributed by atoms with van der Waals surface area (Å²) in [6.07, 6.45) is 43.0. The fourth-order valence-corrected chi connectivity index (χ4v) is 19.9. The zero-order valence-corrected chi connectivity index (χ0v) is 77.6. The van der Waals surface area contributed by atoms with Crippen molar-refractivity contribution < 1.29 is 55.4 Å². The summed E-state index contributed by atoms with van der Waals surface area (Å²) in [6.45, 7) is 39.0. The maximum Gasteiger partial charge on any atom is 0.508 e. The Morgan fingerprint density at radius 2 is 0.618 bits per heavy atom. The number of carbonyl (C=O) groups excluding carboxylic acids is 3. The van der Waals surface area contributed by atoms with E-state index in [0.29, 0.717) is 65.3 Å². The summed E-state index contributed by atoms with van der Waals surface area (Å²) in [5.41, 5.74) is 6.33. The largest absolute Gasteiger partial charge is 0.508 e. The second kappa shape index (κ2) is 67.5. The molecule has 15 nitrogen and oxygen atoms in total. The SMILES string of the molecule is CCCCCCCCCCNS(=O)(=O)CCc1cc(C)sc1C.CCCCCCCCCNC(=O)OCCc1cc(C)sc1C.CCCCCCCCCOC(=O)NCCc1cc(C)sc1C.CCCCCCCCCOC(=O)OCCc1cc(C)sc1C.CCCCOP(=O)(CCc1cc(C)sc1C)OCCCC. The second-order valence-electron chi connectivity index (χ2n) is 29.3. The van der Waals surface area contributed by atoms with Gasteiger partial charge in [0.25, 0.3) is 0 Å². The quantitative estimate of drug-likeness (QED) is 0.0145. The number of hydrogen-bond acceptors (Lipinski definition) is 17. The van der Waals surface area contributed by atoms with E-state index in [4.69, 9.17) is 28.0 Å². The number of aryl methyl sites for hydroxylation is 12. The van der Waals surface area contributed by atoms with Crippen molar-refractivity contribution in [3.63, 3.8) is 0 Å². The predicted molar refractivity (Wildman–Crippen MR) is 476 cm³/mol. The average Bonchev–Trinajstić information content (AvgIpc) is 1.74. The molecule has 0 bridgehead atoms. The van der Waals surface area contributed by atoms with Crippen molar-refractivity contribution in [3.8, 4) is 0 Å². The molecular weight excluding hydrogens is 1510 g/mol. The van der Waals surface area contributed by atoms with Gasteiger partial charge in [-0.05, 0) is 185 Å². The third kappa shape index (κ3) is 56.6. The lowest BCUT2D eigenvalue weighted by atomic mass is 10.1. The Bertz CT molecular complexity index is 3060. The van der Waals surface area contributed by atoms with Crippen LogP contribution in [0, 0.1) is 69.2 Å². The molecule has 5 rings (SSSR count). The number of amides is 2. The van der Waals surface area contributed by atoms with Crippen LogP contribution in [0.4, 0.5) is 14.4 Å². The summed E-state index contributed by atoms with van der Waals surface area (Å²) in [5, 5.41) is 5.66. The Morgan fingerprint density at radius 3 is 0.991 bits per heavy atom. The molecule has 0 atom stereocenters. The average molecular weight is 1670 g/mol. The summed E-state index contributed by atoms with van der Waals surface area (Å²) < 4.78 is 71.5. The molecular formula is C88H154N3O12PS6. The number of ether oxygens (including phenoxy) is 4. The molecule has 5 aromatic rings. The summed E-state index contributed by atoms with van der Waals surface area (Å²) in [7, 11) is -6.09. The molecule has 0 unspecified atom stereocenters. The van der Waals surface area contributed by atoms with Crippen LogP contribution in [-0.4, -0.2) is 97.9 Å². The van der Waals surface area contributed by atoms with Gasteiger partial charge in [-0.15, -0.1) is 56.7 Å². The van der Waals surface area contributed by atoms with Crippen LogP contribution in [0.1, 0.15) is 330 Å². The summed E-state index contributed by atoms with van der Waals surface area (Å²) >= 11 is 8.92. The van der Waals surface area contributed by atoms with Crippen LogP contribution >= 0.6 is 64.3 Å². The molecule has 22 heteroatoms. The molecule has 110 heavy (non-hydrogen) atoms. The van der Waals surface area contributed by atoms with E-state index >= 15 is 0 Å². The second-order valence-corrected chi connectivity index (χ2v) is 40.7. The molecule has 0 spiro atoms. The lowest BCUT2D eigenvalue weighted by Gasteiger charge is -2.18. The van der Waals surface area contributed by atoms with E-state index in [9.17, 15) is 27.4 Å². The zero-order valence-electron chi connectivity index (χ0n) is 71.8. The van der Waals surface area contributed by atoms with Crippen LogP contribution in [0.5, 0.6) is 0 Å². The maximum atomic E-state index is 12.8. The van der Waals surface area contributed by atoms with Crippen molar-refractivity contribution in [1.29, 1.82) is 0 Å². The van der Waals surface area contributed by atoms with Gasteiger partial charge in [0.1, 0.15) is 0 Å². The standard InChI is InChI=1S/C18H33NO2S2.2C18H31NO2S.C18H30O3S.C16H29O3PS/c1-4-5-6-7-8-9-10-11-13-19-23(20,21)14-12-18-15-16(2)22-17(18)3;1-4-5-6-7-8-9-10-13-21-18(20)19-12-11-17-14-15(2)22-16(17)3;1-4-5-6-7-8-9-10-12-19-18(20)21-13-11-17-14-15(2)22-16(17)3;1-4-5-6-7-8-9-10-12-20-18(19)21-13-11-17-14-15(2)22-16(17)3;1-5-7-10-18-20(17,19-11-8-6-2)12-9-16-13-14(3)21-15(16)4/h15,19H,4-14H2,1-3H3;2*14H,4-13H2,1-3H3,(H,19,20);14H,4-13H2,1-3H3;13H,5-12H2,1-4H3. The van der Waals surface area contributed by atoms with Gasteiger partial charge in [0.05, 0.1) is 51.6 Å². The van der Waals surface area contributed by atoms with Gasteiger partial charge in [0.2, 0.25) is 10.0 Å². The van der Waals surface area contributed by atoms with Crippen LogP contribution in [0.25, 0.3) is 0 Å². The summed E-state index contributed by atoms with van der Waals surface area (Å²) in [5.74, 6) is 0.195. The number of thiophene rings is 5. The molecule has 634 valence electrons. The van der Waals surface area contributed by atoms with Gasteiger partial charge in [-0.1, -0.05) is 215 Å². The lowest BCUT2D eigenvalue weighted by Crippen LogP contribution is -2.28. The van der Waals surface area contributed by atoms with Crippen LogP contribution in [-0.2, 0) is 74.7 Å². The highest BCUT2D eigenvalue weighted by Gasteiger charge is 2.25. The smallest absolute Gasteiger partial charge is 0.450 e. The fraction of sp³-hybridized carbons (Fsp3) is 0.739. The highest BCUT2D eigenvalue weighted by molar-refractivity contribution is 7.89. The predicted octanol–water partition coefficient (Wildman–Crippen LogP) is 27.3. The first kappa shape index (κ1) is 104. The summed E-state index contributed by atoms with van der Waals surface area (Å²) in [6, 6.07) is 10.8. The number of unbranched alkanes of at least 4 members (excludes halogenated alkanes) is 27. The molecule has 0 aromatic carbocycles. The van der Waals surface area contributed by atoms with E-state index in [2.05, 4.69) is 156 Å². The summed E-state index contributed by atoms with van der Waals surface area (Å²) in [4.78, 5) is 47.6. The monoisotopic (exact) mass is 1670 g/mol. The molecule has 3 N–H and O–H groups in total. The number of nitrogens with one attached hydrogen (secondary N) is 3. The normalized spacial score (nSPS) is 11.2. The van der Waals surface area contributed by atoms with Crippen molar-refractivity contribution >= 4 is 92.6 Å². The first-order valence-electron chi connectivity index (χ1n) is 42.6. The number of hydrogen-bond donors (Lipinski definition) is 3. The Balaban J connectivity index is 0.000000688. The van der Waals surface area contributed by atoms with Gasteiger partial charge < -0.3 is 38.6 Å². The first-order chi connectivity index (χ1) is 52.8. The van der Waals surface area contributed by atoms with E-state index in [-0.39, 0.29) is 17.9 Å². The maximum absolute atomic E-state index is 12.8. The fourth-order valence-electron chi connectivity index (χ4n) is 12.2. The van der Waals surface area contributed by atoms with E-state index < -0.39 is 23.8 Å².